The average Bonchev–Trinajstić information content (AvgIpc) is 2.31. The number of esters is 1. The lowest BCUT2D eigenvalue weighted by Crippen LogP contribution is -2.14. The number of rotatable bonds is 3. The van der Waals surface area contributed by atoms with Crippen LogP contribution in [0.3, 0.4) is 0 Å². The molecule has 0 fully saturated rings. The monoisotopic (exact) mass is 296 g/mol. The average molecular weight is 297 g/mol. The molecule has 0 aliphatic heterocycles. The molecule has 0 saturated carbocycles. The van der Waals surface area contributed by atoms with E-state index in [4.69, 9.17) is 5.26 Å². The summed E-state index contributed by atoms with van der Waals surface area (Å²) in [4.78, 5) is 22.8. The maximum atomic E-state index is 11.5. The summed E-state index contributed by atoms with van der Waals surface area (Å²) in [6.07, 6.45) is -0.276. The Morgan fingerprint density at radius 3 is 2.82 bits per heavy atom. The summed E-state index contributed by atoms with van der Waals surface area (Å²) < 4.78 is 5.15. The number of halogens is 1. The molecule has 0 aromatic heterocycles. The fourth-order valence-corrected chi connectivity index (χ4v) is 1.65. The maximum Gasteiger partial charge on any atom is 0.340 e. The van der Waals surface area contributed by atoms with Gasteiger partial charge in [0.15, 0.2) is 0 Å². The van der Waals surface area contributed by atoms with E-state index in [0.717, 1.165) is 0 Å². The molecule has 0 unspecified atom stereocenters. The van der Waals surface area contributed by atoms with Crippen molar-refractivity contribution < 1.29 is 14.3 Å². The van der Waals surface area contributed by atoms with Crippen LogP contribution in [0, 0.1) is 11.3 Å². The van der Waals surface area contributed by atoms with E-state index in [1.807, 2.05) is 0 Å². The standard InChI is InChI=1S/C11H9BrN2O3/c1-17-11(16)7-3-2-4-8(12)10(7)14-9(15)5-6-13/h2-4H,5H2,1H3,(H,14,15). The lowest BCUT2D eigenvalue weighted by molar-refractivity contribution is -0.115. The number of hydrogen-bond acceptors (Lipinski definition) is 4. The first-order valence-electron chi connectivity index (χ1n) is 4.63. The van der Waals surface area contributed by atoms with Crippen LogP contribution < -0.4 is 5.32 Å². The van der Waals surface area contributed by atoms with Crippen LogP contribution in [0.15, 0.2) is 22.7 Å². The molecular weight excluding hydrogens is 288 g/mol. The second-order valence-corrected chi connectivity index (χ2v) is 3.89. The predicted octanol–water partition coefficient (Wildman–Crippen LogP) is 2.09. The van der Waals surface area contributed by atoms with Gasteiger partial charge in [0.25, 0.3) is 0 Å². The number of hydrogen-bond donors (Lipinski definition) is 1. The van der Waals surface area contributed by atoms with Gasteiger partial charge in [0, 0.05) is 4.47 Å². The number of carbonyl (C=O) groups is 2. The van der Waals surface area contributed by atoms with E-state index in [1.165, 1.54) is 13.2 Å². The highest BCUT2D eigenvalue weighted by Gasteiger charge is 2.16. The van der Waals surface area contributed by atoms with Crippen LogP contribution in [0.2, 0.25) is 0 Å². The summed E-state index contributed by atoms with van der Waals surface area (Å²) >= 11 is 3.22. The van der Waals surface area contributed by atoms with Gasteiger partial charge in [-0.1, -0.05) is 6.07 Å². The van der Waals surface area contributed by atoms with Crippen LogP contribution in [0.5, 0.6) is 0 Å². The molecule has 0 heterocycles. The third kappa shape index (κ3) is 3.29. The van der Waals surface area contributed by atoms with Crippen LogP contribution in [-0.2, 0) is 9.53 Å². The Labute approximate surface area is 107 Å². The molecule has 0 spiro atoms. The fourth-order valence-electron chi connectivity index (χ4n) is 1.19. The van der Waals surface area contributed by atoms with Crippen molar-refractivity contribution in [1.82, 2.24) is 0 Å². The molecule has 6 heteroatoms. The van der Waals surface area contributed by atoms with E-state index >= 15 is 0 Å². The molecule has 0 aliphatic carbocycles. The van der Waals surface area contributed by atoms with Gasteiger partial charge in [-0.2, -0.15) is 5.26 Å². The van der Waals surface area contributed by atoms with Crippen LogP contribution >= 0.6 is 15.9 Å². The van der Waals surface area contributed by atoms with Gasteiger partial charge in [0.2, 0.25) is 5.91 Å². The van der Waals surface area contributed by atoms with Crippen molar-refractivity contribution >= 4 is 33.5 Å². The third-order valence-electron chi connectivity index (χ3n) is 1.92. The molecule has 0 atom stereocenters. The van der Waals surface area contributed by atoms with Crippen molar-refractivity contribution in [2.45, 2.75) is 6.42 Å². The Bertz CT molecular complexity index is 494. The number of carbonyl (C=O) groups excluding carboxylic acids is 2. The minimum absolute atomic E-state index is 0.230. The Morgan fingerprint density at radius 1 is 1.53 bits per heavy atom. The molecule has 1 aromatic carbocycles. The molecule has 0 aliphatic rings. The lowest BCUT2D eigenvalue weighted by Gasteiger charge is -2.10. The summed E-state index contributed by atoms with van der Waals surface area (Å²) in [5.41, 5.74) is 0.535. The largest absolute Gasteiger partial charge is 0.465 e. The molecule has 1 amide bonds. The molecule has 0 radical (unpaired) electrons. The van der Waals surface area contributed by atoms with Gasteiger partial charge in [-0.05, 0) is 28.1 Å². The predicted molar refractivity (Wildman–Crippen MR) is 64.3 cm³/mol. The maximum absolute atomic E-state index is 11.5. The number of para-hydroxylation sites is 1. The molecule has 0 bridgehead atoms. The molecule has 17 heavy (non-hydrogen) atoms. The van der Waals surface area contributed by atoms with Crippen molar-refractivity contribution in [3.05, 3.63) is 28.2 Å². The Kier molecular flexibility index (Phi) is 4.67. The van der Waals surface area contributed by atoms with Crippen LogP contribution in [-0.4, -0.2) is 19.0 Å². The van der Waals surface area contributed by atoms with Gasteiger partial charge in [-0.15, -0.1) is 0 Å². The molecule has 0 saturated heterocycles. The number of ether oxygens (including phenoxy) is 1. The van der Waals surface area contributed by atoms with E-state index in [2.05, 4.69) is 26.0 Å². The van der Waals surface area contributed by atoms with Crippen LogP contribution in [0.4, 0.5) is 5.69 Å². The van der Waals surface area contributed by atoms with E-state index in [9.17, 15) is 9.59 Å². The molecule has 1 aromatic rings. The van der Waals surface area contributed by atoms with Crippen molar-refractivity contribution in [2.75, 3.05) is 12.4 Å². The summed E-state index contributed by atoms with van der Waals surface area (Å²) in [7, 11) is 1.25. The smallest absolute Gasteiger partial charge is 0.340 e. The number of benzene rings is 1. The topological polar surface area (TPSA) is 79.2 Å². The number of amides is 1. The number of anilines is 1. The van der Waals surface area contributed by atoms with E-state index in [0.29, 0.717) is 10.2 Å². The van der Waals surface area contributed by atoms with E-state index in [-0.39, 0.29) is 12.0 Å². The SMILES string of the molecule is COC(=O)c1cccc(Br)c1NC(=O)CC#N. The van der Waals surface area contributed by atoms with Crippen molar-refractivity contribution in [3.63, 3.8) is 0 Å². The molecule has 88 valence electrons. The Morgan fingerprint density at radius 2 is 2.24 bits per heavy atom. The molecule has 1 rings (SSSR count). The first kappa shape index (κ1) is 13.2. The normalized spacial score (nSPS) is 9.24. The van der Waals surface area contributed by atoms with Gasteiger partial charge >= 0.3 is 5.97 Å². The van der Waals surface area contributed by atoms with Gasteiger partial charge in [-0.25, -0.2) is 4.79 Å². The van der Waals surface area contributed by atoms with Gasteiger partial charge in [0.1, 0.15) is 6.42 Å². The fraction of sp³-hybridized carbons (Fsp3) is 0.182. The highest BCUT2D eigenvalue weighted by molar-refractivity contribution is 9.10. The summed E-state index contributed by atoms with van der Waals surface area (Å²) in [6, 6.07) is 6.58. The van der Waals surface area contributed by atoms with Crippen LogP contribution in [0.25, 0.3) is 0 Å². The number of nitrogens with one attached hydrogen (secondary N) is 1. The van der Waals surface area contributed by atoms with Crippen molar-refractivity contribution in [3.8, 4) is 6.07 Å². The van der Waals surface area contributed by atoms with Gasteiger partial charge < -0.3 is 10.1 Å². The zero-order valence-electron chi connectivity index (χ0n) is 8.99. The zero-order valence-corrected chi connectivity index (χ0v) is 10.6. The lowest BCUT2D eigenvalue weighted by atomic mass is 10.1. The first-order chi connectivity index (χ1) is 8.10. The van der Waals surface area contributed by atoms with Crippen molar-refractivity contribution in [1.29, 1.82) is 5.26 Å². The molecule has 5 nitrogen and oxygen atoms in total. The van der Waals surface area contributed by atoms with Crippen LogP contribution in [0.1, 0.15) is 16.8 Å². The second kappa shape index (κ2) is 6.01. The second-order valence-electron chi connectivity index (χ2n) is 3.04. The van der Waals surface area contributed by atoms with Crippen molar-refractivity contribution in [2.24, 2.45) is 0 Å². The first-order valence-corrected chi connectivity index (χ1v) is 5.43. The highest BCUT2D eigenvalue weighted by Crippen LogP contribution is 2.27. The van der Waals surface area contributed by atoms with Gasteiger partial charge in [0.05, 0.1) is 24.4 Å². The summed E-state index contributed by atoms with van der Waals surface area (Å²) in [6.45, 7) is 0. The summed E-state index contributed by atoms with van der Waals surface area (Å²) in [5.74, 6) is -1.04. The number of methoxy groups -OCH3 is 1. The molecular formula is C11H9BrN2O3. The highest BCUT2D eigenvalue weighted by atomic mass is 79.9. The number of nitrogens with zero attached hydrogens (tertiary/aromatic N) is 1. The van der Waals surface area contributed by atoms with E-state index < -0.39 is 11.9 Å². The Hall–Kier alpha value is -1.87. The minimum Gasteiger partial charge on any atom is -0.465 e. The van der Waals surface area contributed by atoms with E-state index in [1.54, 1.807) is 18.2 Å². The third-order valence-corrected chi connectivity index (χ3v) is 2.58. The molecule has 1 N–H and O–H groups in total. The quantitative estimate of drug-likeness (QED) is 0.866. The number of nitriles is 1. The van der Waals surface area contributed by atoms with Gasteiger partial charge in [-0.3, -0.25) is 4.79 Å². The Balaban J connectivity index is 3.09. The zero-order chi connectivity index (χ0) is 12.8. The summed E-state index contributed by atoms with van der Waals surface area (Å²) in [5, 5.41) is 10.9. The minimum atomic E-state index is -0.557.